The Balaban J connectivity index is 1.12. The molecule has 2 aromatic heterocycles. The lowest BCUT2D eigenvalue weighted by molar-refractivity contribution is -0.137. The highest BCUT2D eigenvalue weighted by Crippen LogP contribution is 2.45. The standard InChI is InChI=1S/C69H44F3N3/c1-44-34-55(37-56(35-44)69(70,71)72)54-27-33-64(75-67-31-25-52(48-18-10-4-11-19-48)40-61(67)62-41-53(26-32-68(62)75)49-20-12-5-13-21-49)58(42-54)57-36-45(43-73)22-28-63(57)74-65-29-23-50(46-14-6-2-7-15-46)38-59(65)60-39-51(24-30-66(60)74)47-16-8-3-9-17-47/h2-42H,1H3. The highest BCUT2D eigenvalue weighted by Gasteiger charge is 2.31. The molecule has 0 radical (unpaired) electrons. The summed E-state index contributed by atoms with van der Waals surface area (Å²) in [6.45, 7) is 1.70. The average Bonchev–Trinajstić information content (AvgIpc) is 3.97. The van der Waals surface area contributed by atoms with Crippen molar-refractivity contribution in [1.82, 2.24) is 9.13 Å². The van der Waals surface area contributed by atoms with Crippen LogP contribution >= 0.6 is 0 Å². The van der Waals surface area contributed by atoms with Crippen molar-refractivity contribution < 1.29 is 13.2 Å². The van der Waals surface area contributed by atoms with Crippen LogP contribution in [-0.2, 0) is 6.18 Å². The van der Waals surface area contributed by atoms with Crippen LogP contribution in [0, 0.1) is 18.3 Å². The zero-order valence-corrected chi connectivity index (χ0v) is 40.6. The Kier molecular flexibility index (Phi) is 10.9. The Morgan fingerprint density at radius 3 is 1.05 bits per heavy atom. The molecule has 3 nitrogen and oxygen atoms in total. The molecular weight excluding hydrogens is 928 g/mol. The SMILES string of the molecule is Cc1cc(-c2ccc(-n3c4ccc(-c5ccccc5)cc4c4cc(-c5ccccc5)ccc43)c(-c3cc(C#N)ccc3-n3c4ccc(-c5ccccc5)cc4c4cc(-c5ccccc5)ccc43)c2)cc(C(F)(F)F)c1. The first-order valence-corrected chi connectivity index (χ1v) is 24.9. The minimum atomic E-state index is -4.55. The number of alkyl halides is 3. The number of aryl methyl sites for hydroxylation is 1. The Hall–Kier alpha value is -9.70. The molecule has 0 saturated heterocycles. The van der Waals surface area contributed by atoms with E-state index in [0.717, 1.165) is 111 Å². The zero-order chi connectivity index (χ0) is 50.8. The number of hydrogen-bond donors (Lipinski definition) is 0. The third kappa shape index (κ3) is 8.03. The lowest BCUT2D eigenvalue weighted by atomic mass is 9.93. The van der Waals surface area contributed by atoms with Gasteiger partial charge >= 0.3 is 6.18 Å². The van der Waals surface area contributed by atoms with Gasteiger partial charge in [-0.15, -0.1) is 0 Å². The number of halogens is 3. The van der Waals surface area contributed by atoms with Crippen molar-refractivity contribution in [3.63, 3.8) is 0 Å². The van der Waals surface area contributed by atoms with E-state index >= 15 is 0 Å². The van der Waals surface area contributed by atoms with Gasteiger partial charge in [-0.3, -0.25) is 0 Å². The molecule has 0 atom stereocenters. The molecule has 13 rings (SSSR count). The Bertz CT molecular complexity index is 4200. The number of hydrogen-bond acceptors (Lipinski definition) is 1. The molecule has 2 heterocycles. The summed E-state index contributed by atoms with van der Waals surface area (Å²) in [5.74, 6) is 0. The van der Waals surface area contributed by atoms with Crippen LogP contribution in [0.3, 0.4) is 0 Å². The number of rotatable bonds is 8. The second-order valence-electron chi connectivity index (χ2n) is 19.2. The van der Waals surface area contributed by atoms with Gasteiger partial charge in [0.05, 0.1) is 50.6 Å². The molecule has 0 fully saturated rings. The van der Waals surface area contributed by atoms with E-state index in [4.69, 9.17) is 0 Å². The molecule has 0 amide bonds. The van der Waals surface area contributed by atoms with Crippen LogP contribution in [0.15, 0.2) is 249 Å². The van der Waals surface area contributed by atoms with Gasteiger partial charge < -0.3 is 9.13 Å². The molecule has 356 valence electrons. The Labute approximate surface area is 431 Å². The summed E-state index contributed by atoms with van der Waals surface area (Å²) in [7, 11) is 0. The molecule has 0 aliphatic carbocycles. The average molecular weight is 972 g/mol. The van der Waals surface area contributed by atoms with E-state index in [-0.39, 0.29) is 0 Å². The molecule has 6 heteroatoms. The van der Waals surface area contributed by atoms with Gasteiger partial charge in [-0.05, 0) is 159 Å². The molecule has 0 unspecified atom stereocenters. The van der Waals surface area contributed by atoms with Crippen molar-refractivity contribution in [1.29, 1.82) is 5.26 Å². The lowest BCUT2D eigenvalue weighted by Crippen LogP contribution is -2.05. The first kappa shape index (κ1) is 45.2. The number of fused-ring (bicyclic) bond motifs is 6. The molecule has 0 saturated carbocycles. The maximum absolute atomic E-state index is 14.6. The topological polar surface area (TPSA) is 33.6 Å². The highest BCUT2D eigenvalue weighted by atomic mass is 19.4. The van der Waals surface area contributed by atoms with E-state index in [0.29, 0.717) is 22.3 Å². The number of nitrogens with zero attached hydrogens (tertiary/aromatic N) is 3. The van der Waals surface area contributed by atoms with Crippen LogP contribution in [0.4, 0.5) is 13.2 Å². The highest BCUT2D eigenvalue weighted by molar-refractivity contribution is 6.14. The van der Waals surface area contributed by atoms with Crippen LogP contribution in [0.25, 0.3) is 122 Å². The van der Waals surface area contributed by atoms with Crippen molar-refractivity contribution in [2.24, 2.45) is 0 Å². The Morgan fingerprint density at radius 2 is 0.680 bits per heavy atom. The monoisotopic (exact) mass is 971 g/mol. The van der Waals surface area contributed by atoms with Crippen LogP contribution in [-0.4, -0.2) is 9.13 Å². The van der Waals surface area contributed by atoms with Crippen LogP contribution < -0.4 is 0 Å². The number of nitriles is 1. The summed E-state index contributed by atoms with van der Waals surface area (Å²) in [4.78, 5) is 0. The predicted octanol–water partition coefficient (Wildman–Crippen LogP) is 19.1. The first-order valence-electron chi connectivity index (χ1n) is 24.9. The number of benzene rings is 11. The molecule has 75 heavy (non-hydrogen) atoms. The summed E-state index contributed by atoms with van der Waals surface area (Å²) in [6, 6.07) is 86.1. The zero-order valence-electron chi connectivity index (χ0n) is 40.6. The molecule has 0 aliphatic heterocycles. The molecule has 11 aromatic carbocycles. The summed E-state index contributed by atoms with van der Waals surface area (Å²) < 4.78 is 48.3. The van der Waals surface area contributed by atoms with Gasteiger partial charge in [0.2, 0.25) is 0 Å². The summed E-state index contributed by atoms with van der Waals surface area (Å²) in [6.07, 6.45) is -4.55. The van der Waals surface area contributed by atoms with E-state index < -0.39 is 11.7 Å². The second kappa shape index (κ2) is 18.1. The third-order valence-corrected chi connectivity index (χ3v) is 14.6. The van der Waals surface area contributed by atoms with Crippen LogP contribution in [0.2, 0.25) is 0 Å². The van der Waals surface area contributed by atoms with Gasteiger partial charge in [0.25, 0.3) is 0 Å². The molecule has 0 spiro atoms. The van der Waals surface area contributed by atoms with Crippen molar-refractivity contribution in [2.45, 2.75) is 13.1 Å². The van der Waals surface area contributed by atoms with Gasteiger partial charge in [-0.25, -0.2) is 0 Å². The summed E-state index contributed by atoms with van der Waals surface area (Å²) in [5.41, 5.74) is 16.9. The maximum Gasteiger partial charge on any atom is 0.416 e. The minimum Gasteiger partial charge on any atom is -0.309 e. The van der Waals surface area contributed by atoms with Crippen molar-refractivity contribution >= 4 is 43.6 Å². The largest absolute Gasteiger partial charge is 0.416 e. The van der Waals surface area contributed by atoms with Crippen LogP contribution in [0.5, 0.6) is 0 Å². The molecule has 0 aliphatic rings. The van der Waals surface area contributed by atoms with Crippen molar-refractivity contribution in [2.75, 3.05) is 0 Å². The van der Waals surface area contributed by atoms with E-state index in [1.807, 2.05) is 109 Å². The van der Waals surface area contributed by atoms with E-state index in [1.54, 1.807) is 13.0 Å². The van der Waals surface area contributed by atoms with E-state index in [1.165, 1.54) is 12.1 Å². The fourth-order valence-corrected chi connectivity index (χ4v) is 11.1. The maximum atomic E-state index is 14.6. The molecule has 0 N–H and O–H groups in total. The van der Waals surface area contributed by atoms with Crippen molar-refractivity contribution in [3.8, 4) is 84.2 Å². The smallest absolute Gasteiger partial charge is 0.309 e. The van der Waals surface area contributed by atoms with Gasteiger partial charge in [0, 0.05) is 32.7 Å². The van der Waals surface area contributed by atoms with Gasteiger partial charge in [0.15, 0.2) is 0 Å². The Morgan fingerprint density at radius 1 is 0.333 bits per heavy atom. The van der Waals surface area contributed by atoms with Gasteiger partial charge in [0.1, 0.15) is 0 Å². The molecular formula is C69H44F3N3. The van der Waals surface area contributed by atoms with Crippen molar-refractivity contribution in [3.05, 3.63) is 265 Å². The van der Waals surface area contributed by atoms with Crippen LogP contribution in [0.1, 0.15) is 16.7 Å². The lowest BCUT2D eigenvalue weighted by Gasteiger charge is -2.20. The third-order valence-electron chi connectivity index (χ3n) is 14.6. The fraction of sp³-hybridized carbons (Fsp3) is 0.0290. The molecule has 13 aromatic rings. The molecule has 0 bridgehead atoms. The first-order chi connectivity index (χ1) is 36.7. The minimum absolute atomic E-state index is 0.439. The summed E-state index contributed by atoms with van der Waals surface area (Å²) in [5, 5.41) is 14.9. The second-order valence-corrected chi connectivity index (χ2v) is 19.2. The number of aromatic nitrogens is 2. The predicted molar refractivity (Wildman–Crippen MR) is 302 cm³/mol. The van der Waals surface area contributed by atoms with E-state index in [2.05, 4.69) is 137 Å². The van der Waals surface area contributed by atoms with Gasteiger partial charge in [-0.1, -0.05) is 158 Å². The summed E-state index contributed by atoms with van der Waals surface area (Å²) >= 11 is 0. The fourth-order valence-electron chi connectivity index (χ4n) is 11.1. The van der Waals surface area contributed by atoms with E-state index in [9.17, 15) is 18.4 Å². The quantitative estimate of drug-likeness (QED) is 0.149. The normalized spacial score (nSPS) is 11.7. The van der Waals surface area contributed by atoms with Gasteiger partial charge in [-0.2, -0.15) is 18.4 Å².